The Balaban J connectivity index is 1.73. The molecule has 0 aliphatic carbocycles. The highest BCUT2D eigenvalue weighted by atomic mass is 16.2. The molecule has 23 heavy (non-hydrogen) atoms. The van der Waals surface area contributed by atoms with Crippen LogP contribution in [0.5, 0.6) is 0 Å². The minimum absolute atomic E-state index is 0.136. The van der Waals surface area contributed by atoms with Crippen molar-refractivity contribution >= 4 is 23.4 Å². The highest BCUT2D eigenvalue weighted by Crippen LogP contribution is 2.14. The van der Waals surface area contributed by atoms with Gasteiger partial charge in [-0.25, -0.2) is 0 Å². The van der Waals surface area contributed by atoms with Gasteiger partial charge in [0.25, 0.3) is 0 Å². The molecule has 1 N–H and O–H groups in total. The van der Waals surface area contributed by atoms with Gasteiger partial charge in [0.1, 0.15) is 0 Å². The van der Waals surface area contributed by atoms with Gasteiger partial charge in [-0.2, -0.15) is 0 Å². The van der Waals surface area contributed by atoms with Gasteiger partial charge in [0, 0.05) is 51.1 Å². The third-order valence-corrected chi connectivity index (χ3v) is 4.14. The normalized spacial score (nSPS) is 15.7. The molecule has 1 aromatic carbocycles. The summed E-state index contributed by atoms with van der Waals surface area (Å²) in [6.07, 6.45) is 0.679. The Kier molecular flexibility index (Phi) is 5.73. The molecule has 0 bridgehead atoms. The number of anilines is 1. The lowest BCUT2D eigenvalue weighted by Crippen LogP contribution is -2.41. The summed E-state index contributed by atoms with van der Waals surface area (Å²) >= 11 is 0. The van der Waals surface area contributed by atoms with Crippen molar-refractivity contribution in [1.82, 2.24) is 10.2 Å². The van der Waals surface area contributed by atoms with E-state index < -0.39 is 0 Å². The monoisotopic (exact) mass is 317 g/mol. The highest BCUT2D eigenvalue weighted by Gasteiger charge is 2.28. The Hall–Kier alpha value is -2.37. The molecule has 1 saturated heterocycles. The molecule has 0 saturated carbocycles. The van der Waals surface area contributed by atoms with E-state index in [2.05, 4.69) is 10.2 Å². The molecule has 1 aromatic rings. The molecule has 1 atom stereocenters. The van der Waals surface area contributed by atoms with Crippen LogP contribution in [0.3, 0.4) is 0 Å². The third-order valence-electron chi connectivity index (χ3n) is 4.14. The van der Waals surface area contributed by atoms with Crippen LogP contribution in [0.2, 0.25) is 0 Å². The molecule has 6 heteroatoms. The van der Waals surface area contributed by atoms with Crippen LogP contribution >= 0.6 is 0 Å². The van der Waals surface area contributed by atoms with Crippen molar-refractivity contribution in [3.05, 3.63) is 30.3 Å². The van der Waals surface area contributed by atoms with E-state index in [1.165, 1.54) is 4.90 Å². The molecule has 6 nitrogen and oxygen atoms in total. The topological polar surface area (TPSA) is 69.7 Å². The van der Waals surface area contributed by atoms with E-state index in [0.717, 1.165) is 5.69 Å². The Bertz CT molecular complexity index is 558. The molecule has 1 aliphatic rings. The Labute approximate surface area is 136 Å². The van der Waals surface area contributed by atoms with Crippen LogP contribution in [0.1, 0.15) is 26.2 Å². The van der Waals surface area contributed by atoms with Gasteiger partial charge in [-0.3, -0.25) is 19.3 Å². The number of likely N-dealkylation sites (tertiary alicyclic amines) is 1. The molecule has 0 unspecified atom stereocenters. The molecule has 2 rings (SSSR count). The smallest absolute Gasteiger partial charge is 0.229 e. The predicted molar refractivity (Wildman–Crippen MR) is 87.9 cm³/mol. The summed E-state index contributed by atoms with van der Waals surface area (Å²) in [5.74, 6) is -0.509. The fraction of sp³-hybridized carbons (Fsp3) is 0.471. The number of nitrogens with one attached hydrogen (secondary N) is 1. The molecule has 0 aromatic heterocycles. The summed E-state index contributed by atoms with van der Waals surface area (Å²) in [5, 5.41) is 2.86. The zero-order valence-corrected chi connectivity index (χ0v) is 13.6. The number of likely N-dealkylation sites (N-methyl/N-ethyl adjacent to an activating group) is 1. The molecule has 1 aliphatic heterocycles. The van der Waals surface area contributed by atoms with Gasteiger partial charge in [-0.1, -0.05) is 18.2 Å². The van der Waals surface area contributed by atoms with Crippen LogP contribution in [0.4, 0.5) is 5.69 Å². The molecular weight excluding hydrogens is 294 g/mol. The minimum atomic E-state index is -0.181. The SMILES string of the molecule is C[C@H](CNC(=O)CCN1C(=O)CCC1=O)N(C)c1ccccc1. The number of para-hydroxylation sites is 1. The fourth-order valence-electron chi connectivity index (χ4n) is 2.49. The standard InChI is InChI=1S/C17H23N3O3/c1-13(19(2)14-6-4-3-5-7-14)12-18-15(21)10-11-20-16(22)8-9-17(20)23/h3-7,13H,8-12H2,1-2H3,(H,18,21)/t13-/m1/s1. The summed E-state index contributed by atoms with van der Waals surface area (Å²) in [6.45, 7) is 2.71. The van der Waals surface area contributed by atoms with E-state index in [4.69, 9.17) is 0 Å². The molecule has 124 valence electrons. The van der Waals surface area contributed by atoms with Crippen LogP contribution in [-0.4, -0.2) is 48.8 Å². The van der Waals surface area contributed by atoms with Gasteiger partial charge in [0.15, 0.2) is 0 Å². The van der Waals surface area contributed by atoms with Gasteiger partial charge in [0.05, 0.1) is 0 Å². The molecule has 0 radical (unpaired) electrons. The predicted octanol–water partition coefficient (Wildman–Crippen LogP) is 1.17. The number of benzene rings is 1. The summed E-state index contributed by atoms with van der Waals surface area (Å²) < 4.78 is 0. The first-order valence-corrected chi connectivity index (χ1v) is 7.87. The first-order valence-electron chi connectivity index (χ1n) is 7.87. The number of carbonyl (C=O) groups is 3. The highest BCUT2D eigenvalue weighted by molar-refractivity contribution is 6.02. The fourth-order valence-corrected chi connectivity index (χ4v) is 2.49. The van der Waals surface area contributed by atoms with Crippen molar-refractivity contribution < 1.29 is 14.4 Å². The first kappa shape index (κ1) is 17.0. The average molecular weight is 317 g/mol. The lowest BCUT2D eigenvalue weighted by atomic mass is 10.2. The zero-order chi connectivity index (χ0) is 16.8. The molecule has 0 spiro atoms. The van der Waals surface area contributed by atoms with Crippen LogP contribution in [0.25, 0.3) is 0 Å². The third kappa shape index (κ3) is 4.55. The maximum atomic E-state index is 11.9. The summed E-state index contributed by atoms with van der Waals surface area (Å²) in [6, 6.07) is 10.1. The van der Waals surface area contributed by atoms with E-state index in [9.17, 15) is 14.4 Å². The van der Waals surface area contributed by atoms with Crippen LogP contribution in [-0.2, 0) is 14.4 Å². The van der Waals surface area contributed by atoms with E-state index in [1.807, 2.05) is 44.3 Å². The van der Waals surface area contributed by atoms with Crippen molar-refractivity contribution in [2.24, 2.45) is 0 Å². The first-order chi connectivity index (χ1) is 11.0. The maximum absolute atomic E-state index is 11.9. The van der Waals surface area contributed by atoms with E-state index in [1.54, 1.807) is 0 Å². The van der Waals surface area contributed by atoms with Crippen molar-refractivity contribution in [3.63, 3.8) is 0 Å². The molecule has 3 amide bonds. The van der Waals surface area contributed by atoms with Crippen LogP contribution in [0, 0.1) is 0 Å². The number of amides is 3. The van der Waals surface area contributed by atoms with Gasteiger partial charge in [-0.05, 0) is 19.1 Å². The number of rotatable bonds is 7. The van der Waals surface area contributed by atoms with Crippen molar-refractivity contribution in [3.8, 4) is 0 Å². The average Bonchev–Trinajstić information content (AvgIpc) is 2.89. The Morgan fingerprint density at radius 2 is 1.83 bits per heavy atom. The van der Waals surface area contributed by atoms with Gasteiger partial charge in [0.2, 0.25) is 17.7 Å². The maximum Gasteiger partial charge on any atom is 0.229 e. The quantitative estimate of drug-likeness (QED) is 0.766. The minimum Gasteiger partial charge on any atom is -0.370 e. The van der Waals surface area contributed by atoms with E-state index >= 15 is 0 Å². The lowest BCUT2D eigenvalue weighted by Gasteiger charge is -2.27. The van der Waals surface area contributed by atoms with Gasteiger partial charge in [-0.15, -0.1) is 0 Å². The Morgan fingerprint density at radius 3 is 2.43 bits per heavy atom. The second-order valence-electron chi connectivity index (χ2n) is 5.79. The number of hydrogen-bond acceptors (Lipinski definition) is 4. The summed E-state index contributed by atoms with van der Waals surface area (Å²) in [7, 11) is 1.98. The Morgan fingerprint density at radius 1 is 1.22 bits per heavy atom. The van der Waals surface area contributed by atoms with Crippen molar-refractivity contribution in [2.75, 3.05) is 25.0 Å². The van der Waals surface area contributed by atoms with Crippen LogP contribution in [0.15, 0.2) is 30.3 Å². The van der Waals surface area contributed by atoms with E-state index in [-0.39, 0.29) is 49.6 Å². The van der Waals surface area contributed by atoms with Gasteiger partial charge < -0.3 is 10.2 Å². The van der Waals surface area contributed by atoms with Crippen LogP contribution < -0.4 is 10.2 Å². The second-order valence-corrected chi connectivity index (χ2v) is 5.79. The number of hydrogen-bond donors (Lipinski definition) is 1. The number of imide groups is 1. The molecular formula is C17H23N3O3. The molecule has 1 heterocycles. The number of carbonyl (C=O) groups excluding carboxylic acids is 3. The zero-order valence-electron chi connectivity index (χ0n) is 13.6. The summed E-state index contributed by atoms with van der Waals surface area (Å²) in [5.41, 5.74) is 1.09. The van der Waals surface area contributed by atoms with Gasteiger partial charge >= 0.3 is 0 Å². The molecule has 1 fully saturated rings. The van der Waals surface area contributed by atoms with Crippen molar-refractivity contribution in [1.29, 1.82) is 0 Å². The van der Waals surface area contributed by atoms with E-state index in [0.29, 0.717) is 6.54 Å². The summed E-state index contributed by atoms with van der Waals surface area (Å²) in [4.78, 5) is 38.1. The second kappa shape index (κ2) is 7.76. The number of nitrogens with zero attached hydrogens (tertiary/aromatic N) is 2. The lowest BCUT2D eigenvalue weighted by molar-refractivity contribution is -0.138. The van der Waals surface area contributed by atoms with Crippen molar-refractivity contribution in [2.45, 2.75) is 32.2 Å². The largest absolute Gasteiger partial charge is 0.370 e.